The second-order valence-electron chi connectivity index (χ2n) is 5.42. The zero-order valence-electron chi connectivity index (χ0n) is 12.8. The summed E-state index contributed by atoms with van der Waals surface area (Å²) in [6.45, 7) is 0. The number of aliphatic carboxylic acids is 1. The summed E-state index contributed by atoms with van der Waals surface area (Å²) in [6, 6.07) is 8.91. The van der Waals surface area contributed by atoms with Crippen LogP contribution in [0, 0.1) is 11.8 Å². The molecule has 0 saturated heterocycles. The molecule has 0 bridgehead atoms. The number of carboxylic acids is 1. The molecule has 1 amide bonds. The number of hydrogen-bond acceptors (Lipinski definition) is 5. The summed E-state index contributed by atoms with van der Waals surface area (Å²) in [5.41, 5.74) is 2.09. The molecule has 1 aliphatic rings. The number of nitrogens with one attached hydrogen (secondary N) is 1. The summed E-state index contributed by atoms with van der Waals surface area (Å²) in [5, 5.41) is 17.7. The first-order valence-corrected chi connectivity index (χ1v) is 7.17. The van der Waals surface area contributed by atoms with Gasteiger partial charge in [-0.25, -0.2) is 0 Å². The molecule has 1 fully saturated rings. The van der Waals surface area contributed by atoms with E-state index in [2.05, 4.69) is 10.5 Å². The van der Waals surface area contributed by atoms with Crippen LogP contribution >= 0.6 is 0 Å². The molecule has 1 N–H and O–H groups in total. The van der Waals surface area contributed by atoms with Gasteiger partial charge in [-0.15, -0.1) is 0 Å². The Bertz CT molecular complexity index is 687. The van der Waals surface area contributed by atoms with Gasteiger partial charge in [0, 0.05) is 35.1 Å². The second-order valence-corrected chi connectivity index (χ2v) is 5.42. The molecule has 1 aromatic carbocycles. The minimum atomic E-state index is -1.14. The number of carbonyl (C=O) groups excluding carboxylic acids is 2. The van der Waals surface area contributed by atoms with Crippen molar-refractivity contribution in [3.05, 3.63) is 36.6 Å². The van der Waals surface area contributed by atoms with Crippen LogP contribution in [-0.4, -0.2) is 17.0 Å². The molecule has 2 unspecified atom stereocenters. The molecule has 0 spiro atoms. The van der Waals surface area contributed by atoms with Crippen molar-refractivity contribution in [2.75, 3.05) is 5.32 Å². The Morgan fingerprint density at radius 1 is 1.22 bits per heavy atom. The minimum Gasteiger partial charge on any atom is -0.550 e. The Labute approximate surface area is 155 Å². The zero-order chi connectivity index (χ0) is 15.5. The van der Waals surface area contributed by atoms with Crippen molar-refractivity contribution in [3.63, 3.8) is 0 Å². The molecule has 23 heavy (non-hydrogen) atoms. The van der Waals surface area contributed by atoms with Crippen LogP contribution in [0.3, 0.4) is 0 Å². The average molecular weight is 322 g/mol. The van der Waals surface area contributed by atoms with Crippen molar-refractivity contribution in [2.45, 2.75) is 19.3 Å². The molecule has 0 radical (unpaired) electrons. The molecule has 1 heterocycles. The predicted molar refractivity (Wildman–Crippen MR) is 76.4 cm³/mol. The molecule has 1 aliphatic carbocycles. The van der Waals surface area contributed by atoms with E-state index in [0.29, 0.717) is 24.2 Å². The van der Waals surface area contributed by atoms with Crippen molar-refractivity contribution in [1.82, 2.24) is 5.16 Å². The summed E-state index contributed by atoms with van der Waals surface area (Å²) >= 11 is 0. The van der Waals surface area contributed by atoms with Crippen molar-refractivity contribution >= 4 is 17.6 Å². The van der Waals surface area contributed by atoms with Gasteiger partial charge in [0.15, 0.2) is 0 Å². The van der Waals surface area contributed by atoms with Crippen LogP contribution in [0.1, 0.15) is 19.3 Å². The van der Waals surface area contributed by atoms with Crippen LogP contribution in [0.15, 0.2) is 41.1 Å². The normalized spacial score (nSPS) is 19.8. The smallest absolute Gasteiger partial charge is 0.550 e. The maximum absolute atomic E-state index is 12.3. The second kappa shape index (κ2) is 7.77. The van der Waals surface area contributed by atoms with Crippen LogP contribution in [0.25, 0.3) is 11.3 Å². The van der Waals surface area contributed by atoms with Gasteiger partial charge >= 0.3 is 29.6 Å². The number of carboxylic acid groups (broad SMARTS) is 1. The topological polar surface area (TPSA) is 95.3 Å². The quantitative estimate of drug-likeness (QED) is 0.688. The van der Waals surface area contributed by atoms with Gasteiger partial charge in [-0.2, -0.15) is 0 Å². The Kier molecular flexibility index (Phi) is 5.98. The molecule has 114 valence electrons. The molecule has 3 rings (SSSR count). The Morgan fingerprint density at radius 2 is 2.00 bits per heavy atom. The first-order valence-electron chi connectivity index (χ1n) is 7.17. The molecule has 2 aromatic rings. The van der Waals surface area contributed by atoms with Gasteiger partial charge in [0.25, 0.3) is 0 Å². The standard InChI is InChI=1S/C16H16N2O4.Na/c19-15(12-5-2-6-13(12)16(20)21)17-11-4-1-3-10(9-11)14-7-8-22-18-14;/h1,3-4,7-9,12-13H,2,5-6H2,(H,17,19)(H,20,21);/q;+1/p-1. The van der Waals surface area contributed by atoms with E-state index in [4.69, 9.17) is 4.52 Å². The van der Waals surface area contributed by atoms with Crippen molar-refractivity contribution < 1.29 is 48.8 Å². The molecular weight excluding hydrogens is 307 g/mol. The minimum absolute atomic E-state index is 0. The fourth-order valence-electron chi connectivity index (χ4n) is 2.91. The molecular formula is C16H15N2NaO4. The third-order valence-electron chi connectivity index (χ3n) is 4.02. The Morgan fingerprint density at radius 3 is 2.70 bits per heavy atom. The van der Waals surface area contributed by atoms with Crippen molar-refractivity contribution in [2.24, 2.45) is 11.8 Å². The summed E-state index contributed by atoms with van der Waals surface area (Å²) < 4.78 is 4.80. The average Bonchev–Trinajstić information content (AvgIpc) is 3.19. The molecule has 1 saturated carbocycles. The number of nitrogens with zero attached hydrogens (tertiary/aromatic N) is 1. The number of rotatable bonds is 4. The van der Waals surface area contributed by atoms with Crippen LogP contribution < -0.4 is 40.0 Å². The van der Waals surface area contributed by atoms with Gasteiger partial charge in [0.1, 0.15) is 12.0 Å². The van der Waals surface area contributed by atoms with E-state index in [0.717, 1.165) is 12.0 Å². The van der Waals surface area contributed by atoms with E-state index in [1.54, 1.807) is 24.3 Å². The van der Waals surface area contributed by atoms with Crippen molar-refractivity contribution in [1.29, 1.82) is 0 Å². The maximum atomic E-state index is 12.3. The van der Waals surface area contributed by atoms with E-state index in [1.807, 2.05) is 6.07 Å². The largest absolute Gasteiger partial charge is 1.00 e. The fraction of sp³-hybridized carbons (Fsp3) is 0.312. The van der Waals surface area contributed by atoms with E-state index < -0.39 is 17.8 Å². The third-order valence-corrected chi connectivity index (χ3v) is 4.02. The van der Waals surface area contributed by atoms with Crippen LogP contribution in [0.2, 0.25) is 0 Å². The van der Waals surface area contributed by atoms with Crippen molar-refractivity contribution in [3.8, 4) is 11.3 Å². The number of amides is 1. The van der Waals surface area contributed by atoms with Gasteiger partial charge in [-0.1, -0.05) is 23.7 Å². The summed E-state index contributed by atoms with van der Waals surface area (Å²) in [5.74, 6) is -2.64. The number of carbonyl (C=O) groups is 2. The van der Waals surface area contributed by atoms with Gasteiger partial charge in [-0.05, 0) is 25.0 Å². The van der Waals surface area contributed by atoms with E-state index in [-0.39, 0.29) is 35.5 Å². The van der Waals surface area contributed by atoms with Gasteiger partial charge in [0.05, 0.1) is 0 Å². The molecule has 1 aromatic heterocycles. The molecule has 2 atom stereocenters. The predicted octanol–water partition coefficient (Wildman–Crippen LogP) is -1.55. The fourth-order valence-corrected chi connectivity index (χ4v) is 2.91. The zero-order valence-corrected chi connectivity index (χ0v) is 14.8. The summed E-state index contributed by atoms with van der Waals surface area (Å²) in [4.78, 5) is 23.4. The van der Waals surface area contributed by atoms with Crippen LogP contribution in [0.4, 0.5) is 5.69 Å². The Balaban J connectivity index is 0.00000192. The first kappa shape index (κ1) is 17.7. The van der Waals surface area contributed by atoms with Gasteiger partial charge in [-0.3, -0.25) is 4.79 Å². The number of benzene rings is 1. The summed E-state index contributed by atoms with van der Waals surface area (Å²) in [7, 11) is 0. The van der Waals surface area contributed by atoms with E-state index in [1.165, 1.54) is 6.26 Å². The van der Waals surface area contributed by atoms with E-state index in [9.17, 15) is 14.7 Å². The van der Waals surface area contributed by atoms with Gasteiger partial charge < -0.3 is 19.7 Å². The van der Waals surface area contributed by atoms with Gasteiger partial charge in [0.2, 0.25) is 5.91 Å². The SMILES string of the molecule is O=C([O-])C1CCCC1C(=O)Nc1cccc(-c2ccon2)c1.[Na+]. The summed E-state index contributed by atoms with van der Waals surface area (Å²) in [6.07, 6.45) is 3.28. The number of aromatic nitrogens is 1. The molecule has 0 aliphatic heterocycles. The molecule has 7 heteroatoms. The first-order chi connectivity index (χ1) is 10.6. The Hall–Kier alpha value is -1.63. The third kappa shape index (κ3) is 4.02. The maximum Gasteiger partial charge on any atom is 1.00 e. The van der Waals surface area contributed by atoms with Crippen LogP contribution in [0.5, 0.6) is 0 Å². The van der Waals surface area contributed by atoms with Crippen LogP contribution in [-0.2, 0) is 9.59 Å². The van der Waals surface area contributed by atoms with E-state index >= 15 is 0 Å². The number of hydrogen-bond donors (Lipinski definition) is 1. The molecule has 6 nitrogen and oxygen atoms in total. The number of anilines is 1. The monoisotopic (exact) mass is 322 g/mol.